The van der Waals surface area contributed by atoms with Gasteiger partial charge in [0.25, 0.3) is 0 Å². The molecule has 1 atom stereocenters. The van der Waals surface area contributed by atoms with E-state index in [1.807, 2.05) is 35.2 Å². The first-order chi connectivity index (χ1) is 14.2. The molecule has 0 aliphatic carbocycles. The summed E-state index contributed by atoms with van der Waals surface area (Å²) in [4.78, 5) is 21.3. The van der Waals surface area contributed by atoms with Crippen LogP contribution in [0.3, 0.4) is 0 Å². The molecule has 29 heavy (non-hydrogen) atoms. The number of piperazine rings is 1. The van der Waals surface area contributed by atoms with Gasteiger partial charge in [0.15, 0.2) is 5.82 Å². The first kappa shape index (κ1) is 19.8. The van der Waals surface area contributed by atoms with Gasteiger partial charge in [-0.05, 0) is 32.0 Å². The number of benzene rings is 1. The van der Waals surface area contributed by atoms with E-state index < -0.39 is 0 Å². The molecule has 2 aromatic rings. The average Bonchev–Trinajstić information content (AvgIpc) is 3.25. The zero-order valence-corrected chi connectivity index (χ0v) is 16.9. The van der Waals surface area contributed by atoms with E-state index >= 15 is 0 Å². The maximum atomic E-state index is 12.5. The minimum atomic E-state index is 0.139. The molecule has 1 N–H and O–H groups in total. The zero-order chi connectivity index (χ0) is 20.1. The maximum Gasteiger partial charge on any atom is 0.229 e. The molecule has 0 saturated carbocycles. The average molecular weight is 399 g/mol. The molecule has 1 aromatic carbocycles. The summed E-state index contributed by atoms with van der Waals surface area (Å²) < 4.78 is 11.2. The van der Waals surface area contributed by atoms with Crippen molar-refractivity contribution in [2.75, 3.05) is 46.4 Å². The van der Waals surface area contributed by atoms with Crippen molar-refractivity contribution in [3.8, 4) is 5.75 Å². The van der Waals surface area contributed by atoms with Crippen LogP contribution in [0.4, 0.5) is 0 Å². The second kappa shape index (κ2) is 9.37. The molecule has 2 saturated heterocycles. The number of aromatic nitrogens is 2. The number of hydrogen-bond acceptors (Lipinski definition) is 7. The SMILES string of the molecule is CN1CCNCC1c1noc(C2CCN(C(=O)CCOc3ccccc3)CC2)n1. The fraction of sp³-hybridized carbons (Fsp3) is 0.571. The lowest BCUT2D eigenvalue weighted by Crippen LogP contribution is -2.44. The number of nitrogens with zero attached hydrogens (tertiary/aromatic N) is 4. The van der Waals surface area contributed by atoms with Crippen LogP contribution in [0, 0.1) is 0 Å². The number of ether oxygens (including phenoxy) is 1. The van der Waals surface area contributed by atoms with Gasteiger partial charge in [0, 0.05) is 38.6 Å². The molecule has 1 aromatic heterocycles. The van der Waals surface area contributed by atoms with Crippen molar-refractivity contribution in [1.82, 2.24) is 25.3 Å². The molecule has 1 amide bonds. The Bertz CT molecular complexity index is 789. The molecular formula is C21H29N5O3. The van der Waals surface area contributed by atoms with Gasteiger partial charge in [0.05, 0.1) is 19.1 Å². The predicted molar refractivity (Wildman–Crippen MR) is 108 cm³/mol. The Balaban J connectivity index is 1.23. The first-order valence-electron chi connectivity index (χ1n) is 10.4. The quantitative estimate of drug-likeness (QED) is 0.793. The number of likely N-dealkylation sites (tertiary alicyclic amines) is 1. The van der Waals surface area contributed by atoms with E-state index in [1.165, 1.54) is 0 Å². The molecule has 156 valence electrons. The highest BCUT2D eigenvalue weighted by Gasteiger charge is 2.30. The standard InChI is InChI=1S/C21H29N5O3/c1-25-13-10-22-15-18(25)20-23-21(29-24-20)16-7-11-26(12-8-16)19(27)9-14-28-17-5-3-2-4-6-17/h2-6,16,18,22H,7-15H2,1H3. The summed E-state index contributed by atoms with van der Waals surface area (Å²) in [5.74, 6) is 2.62. The van der Waals surface area contributed by atoms with Crippen molar-refractivity contribution in [2.45, 2.75) is 31.2 Å². The number of likely N-dealkylation sites (N-methyl/N-ethyl adjacent to an activating group) is 1. The lowest BCUT2D eigenvalue weighted by atomic mass is 9.96. The highest BCUT2D eigenvalue weighted by atomic mass is 16.5. The lowest BCUT2D eigenvalue weighted by Gasteiger charge is -2.31. The summed E-state index contributed by atoms with van der Waals surface area (Å²) in [6.45, 7) is 4.64. The molecule has 8 nitrogen and oxygen atoms in total. The third kappa shape index (κ3) is 4.94. The van der Waals surface area contributed by atoms with Crippen LogP contribution in [0.1, 0.15) is 42.9 Å². The molecule has 2 aliphatic heterocycles. The van der Waals surface area contributed by atoms with Crippen LogP contribution in [0.25, 0.3) is 0 Å². The summed E-state index contributed by atoms with van der Waals surface area (Å²) in [7, 11) is 2.09. The molecule has 4 rings (SSSR count). The molecule has 0 spiro atoms. The van der Waals surface area contributed by atoms with Crippen molar-refractivity contribution in [3.63, 3.8) is 0 Å². The number of rotatable bonds is 6. The zero-order valence-electron chi connectivity index (χ0n) is 16.9. The summed E-state index contributed by atoms with van der Waals surface area (Å²) in [5, 5.41) is 7.60. The van der Waals surface area contributed by atoms with Crippen molar-refractivity contribution >= 4 is 5.91 Å². The first-order valence-corrected chi connectivity index (χ1v) is 10.4. The summed E-state index contributed by atoms with van der Waals surface area (Å²) in [5.41, 5.74) is 0. The third-order valence-corrected chi connectivity index (χ3v) is 5.79. The minimum absolute atomic E-state index is 0.139. The van der Waals surface area contributed by atoms with Crippen LogP contribution in [-0.4, -0.2) is 72.2 Å². The van der Waals surface area contributed by atoms with Crippen molar-refractivity contribution in [2.24, 2.45) is 0 Å². The van der Waals surface area contributed by atoms with E-state index in [0.29, 0.717) is 18.9 Å². The normalized spacial score (nSPS) is 21.3. The number of carbonyl (C=O) groups is 1. The van der Waals surface area contributed by atoms with Gasteiger partial charge in [0.1, 0.15) is 5.75 Å². The number of nitrogens with one attached hydrogen (secondary N) is 1. The van der Waals surface area contributed by atoms with E-state index in [1.54, 1.807) is 0 Å². The van der Waals surface area contributed by atoms with Crippen LogP contribution >= 0.6 is 0 Å². The van der Waals surface area contributed by atoms with Gasteiger partial charge >= 0.3 is 0 Å². The molecule has 8 heteroatoms. The number of piperidine rings is 1. The highest BCUT2D eigenvalue weighted by Crippen LogP contribution is 2.28. The summed E-state index contributed by atoms with van der Waals surface area (Å²) in [6, 6.07) is 9.75. The van der Waals surface area contributed by atoms with Crippen LogP contribution in [0.5, 0.6) is 5.75 Å². The van der Waals surface area contributed by atoms with Crippen molar-refractivity contribution < 1.29 is 14.1 Å². The molecule has 0 bridgehead atoms. The molecule has 2 fully saturated rings. The number of para-hydroxylation sites is 1. The maximum absolute atomic E-state index is 12.5. The van der Waals surface area contributed by atoms with Gasteiger partial charge < -0.3 is 19.5 Å². The Hall–Kier alpha value is -2.45. The van der Waals surface area contributed by atoms with E-state index in [4.69, 9.17) is 9.26 Å². The molecule has 1 unspecified atom stereocenters. The summed E-state index contributed by atoms with van der Waals surface area (Å²) >= 11 is 0. The van der Waals surface area contributed by atoms with Gasteiger partial charge in [0.2, 0.25) is 11.8 Å². The van der Waals surface area contributed by atoms with E-state index in [2.05, 4.69) is 27.4 Å². The Morgan fingerprint density at radius 3 is 2.79 bits per heavy atom. The Labute approximate surface area is 171 Å². The largest absolute Gasteiger partial charge is 0.493 e. The van der Waals surface area contributed by atoms with Gasteiger partial charge in [-0.3, -0.25) is 9.69 Å². The molecular weight excluding hydrogens is 370 g/mol. The summed E-state index contributed by atoms with van der Waals surface area (Å²) in [6.07, 6.45) is 2.10. The molecule has 2 aliphatic rings. The fourth-order valence-corrected chi connectivity index (χ4v) is 3.95. The van der Waals surface area contributed by atoms with Crippen LogP contribution in [-0.2, 0) is 4.79 Å². The molecule has 3 heterocycles. The van der Waals surface area contributed by atoms with Crippen LogP contribution < -0.4 is 10.1 Å². The Kier molecular flexibility index (Phi) is 6.41. The number of amides is 1. The highest BCUT2D eigenvalue weighted by molar-refractivity contribution is 5.76. The lowest BCUT2D eigenvalue weighted by molar-refractivity contribution is -0.132. The van der Waals surface area contributed by atoms with Gasteiger partial charge in [-0.15, -0.1) is 0 Å². The van der Waals surface area contributed by atoms with Gasteiger partial charge in [-0.2, -0.15) is 4.98 Å². The number of carbonyl (C=O) groups excluding carboxylic acids is 1. The van der Waals surface area contributed by atoms with Crippen LogP contribution in [0.15, 0.2) is 34.9 Å². The Morgan fingerprint density at radius 1 is 1.24 bits per heavy atom. The topological polar surface area (TPSA) is 83.7 Å². The monoisotopic (exact) mass is 399 g/mol. The van der Waals surface area contributed by atoms with Crippen LogP contribution in [0.2, 0.25) is 0 Å². The third-order valence-electron chi connectivity index (χ3n) is 5.79. The van der Waals surface area contributed by atoms with Gasteiger partial charge in [-0.25, -0.2) is 0 Å². The fourth-order valence-electron chi connectivity index (χ4n) is 3.95. The van der Waals surface area contributed by atoms with E-state index in [0.717, 1.165) is 57.1 Å². The molecule has 0 radical (unpaired) electrons. The second-order valence-corrected chi connectivity index (χ2v) is 7.76. The second-order valence-electron chi connectivity index (χ2n) is 7.76. The number of hydrogen-bond donors (Lipinski definition) is 1. The van der Waals surface area contributed by atoms with E-state index in [-0.39, 0.29) is 17.9 Å². The van der Waals surface area contributed by atoms with Crippen molar-refractivity contribution in [3.05, 3.63) is 42.0 Å². The smallest absolute Gasteiger partial charge is 0.229 e. The minimum Gasteiger partial charge on any atom is -0.493 e. The Morgan fingerprint density at radius 2 is 2.03 bits per heavy atom. The van der Waals surface area contributed by atoms with E-state index in [9.17, 15) is 4.79 Å². The predicted octanol–water partition coefficient (Wildman–Crippen LogP) is 1.82. The van der Waals surface area contributed by atoms with Gasteiger partial charge in [-0.1, -0.05) is 23.4 Å². The van der Waals surface area contributed by atoms with Crippen molar-refractivity contribution in [1.29, 1.82) is 0 Å².